The smallest absolute Gasteiger partial charge is 0.390 e. The van der Waals surface area contributed by atoms with Crippen molar-refractivity contribution < 1.29 is 18.3 Å². The van der Waals surface area contributed by atoms with Crippen molar-refractivity contribution in [2.45, 2.75) is 31.5 Å². The first kappa shape index (κ1) is 14.3. The first-order valence-corrected chi connectivity index (χ1v) is 6.38. The molecule has 1 aromatic rings. The average Bonchev–Trinajstić information content (AvgIpc) is 2.31. The molecule has 2 atom stereocenters. The highest BCUT2D eigenvalue weighted by molar-refractivity contribution is 5.25. The summed E-state index contributed by atoms with van der Waals surface area (Å²) in [6.45, 7) is 3.26. The van der Waals surface area contributed by atoms with Gasteiger partial charge in [0.05, 0.1) is 11.2 Å². The number of nitrogens with one attached hydrogen (secondary N) is 1. The predicted molar refractivity (Wildman–Crippen MR) is 66.7 cm³/mol. The quantitative estimate of drug-likeness (QED) is 0.868. The van der Waals surface area contributed by atoms with Crippen molar-refractivity contribution >= 4 is 0 Å². The molecule has 0 aromatic heterocycles. The molecule has 0 spiro atoms. The molecule has 1 aromatic carbocycles. The third-order valence-electron chi connectivity index (χ3n) is 3.84. The minimum atomic E-state index is -4.30. The van der Waals surface area contributed by atoms with Gasteiger partial charge in [-0.3, -0.25) is 0 Å². The van der Waals surface area contributed by atoms with Crippen molar-refractivity contribution in [3.63, 3.8) is 0 Å². The monoisotopic (exact) mass is 273 g/mol. The summed E-state index contributed by atoms with van der Waals surface area (Å²) >= 11 is 0. The molecular formula is C14H18F3NO. The summed E-state index contributed by atoms with van der Waals surface area (Å²) in [6.07, 6.45) is -3.05. The fraction of sp³-hybridized carbons (Fsp3) is 0.571. The van der Waals surface area contributed by atoms with E-state index in [9.17, 15) is 18.3 Å². The van der Waals surface area contributed by atoms with Gasteiger partial charge in [0.15, 0.2) is 0 Å². The zero-order valence-corrected chi connectivity index (χ0v) is 10.8. The van der Waals surface area contributed by atoms with E-state index in [1.807, 2.05) is 0 Å². The highest BCUT2D eigenvalue weighted by atomic mass is 19.4. The van der Waals surface area contributed by atoms with Crippen LogP contribution in [0.4, 0.5) is 13.2 Å². The van der Waals surface area contributed by atoms with Gasteiger partial charge in [-0.1, -0.05) is 12.1 Å². The second-order valence-corrected chi connectivity index (χ2v) is 5.41. The molecular weight excluding hydrogens is 255 g/mol. The molecule has 0 aliphatic carbocycles. The Hall–Kier alpha value is -1.07. The Morgan fingerprint density at radius 3 is 2.47 bits per heavy atom. The third-order valence-corrected chi connectivity index (χ3v) is 3.84. The Bertz CT molecular complexity index is 425. The Morgan fingerprint density at radius 2 is 1.95 bits per heavy atom. The fourth-order valence-electron chi connectivity index (χ4n) is 2.45. The molecule has 0 bridgehead atoms. The van der Waals surface area contributed by atoms with Gasteiger partial charge in [-0.05, 0) is 44.0 Å². The lowest BCUT2D eigenvalue weighted by Gasteiger charge is -2.37. The maximum absolute atomic E-state index is 12.5. The second-order valence-electron chi connectivity index (χ2n) is 5.41. The Labute approximate surface area is 110 Å². The van der Waals surface area contributed by atoms with Gasteiger partial charge in [0, 0.05) is 12.5 Å². The normalized spacial score (nSPS) is 28.4. The summed E-state index contributed by atoms with van der Waals surface area (Å²) in [6, 6.07) is 5.18. The summed E-state index contributed by atoms with van der Waals surface area (Å²) in [7, 11) is 0. The van der Waals surface area contributed by atoms with E-state index in [1.54, 1.807) is 6.92 Å². The predicted octanol–water partition coefficient (Wildman–Crippen LogP) is 2.61. The first-order chi connectivity index (χ1) is 8.79. The molecule has 0 saturated carbocycles. The molecule has 5 heteroatoms. The van der Waals surface area contributed by atoms with E-state index in [0.717, 1.165) is 24.2 Å². The minimum Gasteiger partial charge on any atom is -0.390 e. The maximum Gasteiger partial charge on any atom is 0.416 e. The Kier molecular flexibility index (Phi) is 3.87. The molecule has 1 fully saturated rings. The molecule has 2 N–H and O–H groups in total. The zero-order chi connectivity index (χ0) is 14.1. The number of rotatable bonds is 2. The van der Waals surface area contributed by atoms with Gasteiger partial charge in [-0.2, -0.15) is 13.2 Å². The fourth-order valence-corrected chi connectivity index (χ4v) is 2.45. The van der Waals surface area contributed by atoms with Crippen LogP contribution in [0.3, 0.4) is 0 Å². The van der Waals surface area contributed by atoms with Crippen molar-refractivity contribution in [2.75, 3.05) is 13.1 Å². The minimum absolute atomic E-state index is 0.0259. The van der Waals surface area contributed by atoms with Gasteiger partial charge in [-0.15, -0.1) is 0 Å². The van der Waals surface area contributed by atoms with Gasteiger partial charge >= 0.3 is 6.18 Å². The molecule has 0 radical (unpaired) electrons. The lowest BCUT2D eigenvalue weighted by atomic mass is 9.79. The number of alkyl halides is 3. The van der Waals surface area contributed by atoms with E-state index >= 15 is 0 Å². The Balaban J connectivity index is 2.07. The average molecular weight is 273 g/mol. The van der Waals surface area contributed by atoms with E-state index in [4.69, 9.17) is 0 Å². The summed E-state index contributed by atoms with van der Waals surface area (Å²) in [5, 5.41) is 13.5. The molecule has 1 aliphatic rings. The largest absolute Gasteiger partial charge is 0.416 e. The van der Waals surface area contributed by atoms with Crippen molar-refractivity contribution in [1.29, 1.82) is 0 Å². The van der Waals surface area contributed by atoms with E-state index in [2.05, 4.69) is 5.32 Å². The maximum atomic E-state index is 12.5. The van der Waals surface area contributed by atoms with E-state index < -0.39 is 17.3 Å². The van der Waals surface area contributed by atoms with Crippen LogP contribution in [0.1, 0.15) is 24.5 Å². The molecule has 2 nitrogen and oxygen atoms in total. The lowest BCUT2D eigenvalue weighted by Crippen LogP contribution is -2.49. The summed E-state index contributed by atoms with van der Waals surface area (Å²) < 4.78 is 37.4. The first-order valence-electron chi connectivity index (χ1n) is 6.38. The number of benzene rings is 1. The van der Waals surface area contributed by atoms with Crippen molar-refractivity contribution in [3.8, 4) is 0 Å². The van der Waals surface area contributed by atoms with Crippen LogP contribution in [0, 0.1) is 5.92 Å². The molecule has 1 saturated heterocycles. The summed E-state index contributed by atoms with van der Waals surface area (Å²) in [4.78, 5) is 0. The van der Waals surface area contributed by atoms with E-state index in [-0.39, 0.29) is 5.92 Å². The molecule has 1 aliphatic heterocycles. The SMILES string of the molecule is CC1(O)CCNCC1Cc1ccc(C(F)(F)F)cc1. The third kappa shape index (κ3) is 3.48. The summed E-state index contributed by atoms with van der Waals surface area (Å²) in [5.74, 6) is 0.0259. The topological polar surface area (TPSA) is 32.3 Å². The van der Waals surface area contributed by atoms with Crippen LogP contribution in [0.2, 0.25) is 0 Å². The van der Waals surface area contributed by atoms with Crippen molar-refractivity contribution in [3.05, 3.63) is 35.4 Å². The van der Waals surface area contributed by atoms with Crippen LogP contribution in [0.25, 0.3) is 0 Å². The molecule has 106 valence electrons. The number of hydrogen-bond acceptors (Lipinski definition) is 2. The number of halogens is 3. The van der Waals surface area contributed by atoms with Crippen LogP contribution in [-0.2, 0) is 12.6 Å². The van der Waals surface area contributed by atoms with E-state index in [1.165, 1.54) is 12.1 Å². The van der Waals surface area contributed by atoms with E-state index in [0.29, 0.717) is 19.4 Å². The van der Waals surface area contributed by atoms with Crippen LogP contribution in [-0.4, -0.2) is 23.8 Å². The zero-order valence-electron chi connectivity index (χ0n) is 10.8. The highest BCUT2D eigenvalue weighted by Crippen LogP contribution is 2.31. The number of aliphatic hydroxyl groups is 1. The standard InChI is InChI=1S/C14H18F3NO/c1-13(19)6-7-18-9-12(13)8-10-2-4-11(5-3-10)14(15,16)17/h2-5,12,18-19H,6-9H2,1H3. The molecule has 1 heterocycles. The van der Waals surface area contributed by atoms with Crippen LogP contribution < -0.4 is 5.32 Å². The Morgan fingerprint density at radius 1 is 1.32 bits per heavy atom. The molecule has 2 unspecified atom stereocenters. The van der Waals surface area contributed by atoms with Gasteiger partial charge in [0.1, 0.15) is 0 Å². The van der Waals surface area contributed by atoms with Crippen LogP contribution in [0.5, 0.6) is 0 Å². The number of hydrogen-bond donors (Lipinski definition) is 2. The van der Waals surface area contributed by atoms with Gasteiger partial charge < -0.3 is 10.4 Å². The molecule has 19 heavy (non-hydrogen) atoms. The molecule has 0 amide bonds. The van der Waals surface area contributed by atoms with Crippen molar-refractivity contribution in [2.24, 2.45) is 5.92 Å². The number of piperidine rings is 1. The lowest BCUT2D eigenvalue weighted by molar-refractivity contribution is -0.137. The van der Waals surface area contributed by atoms with Crippen LogP contribution >= 0.6 is 0 Å². The molecule has 2 rings (SSSR count). The van der Waals surface area contributed by atoms with Gasteiger partial charge in [0.25, 0.3) is 0 Å². The summed E-state index contributed by atoms with van der Waals surface area (Å²) in [5.41, 5.74) is -0.569. The van der Waals surface area contributed by atoms with Gasteiger partial charge in [0.2, 0.25) is 0 Å². The van der Waals surface area contributed by atoms with Crippen LogP contribution in [0.15, 0.2) is 24.3 Å². The second kappa shape index (κ2) is 5.13. The highest BCUT2D eigenvalue weighted by Gasteiger charge is 2.34. The van der Waals surface area contributed by atoms with Crippen molar-refractivity contribution in [1.82, 2.24) is 5.32 Å². The van der Waals surface area contributed by atoms with Gasteiger partial charge in [-0.25, -0.2) is 0 Å².